The molecule has 76 valence electrons. The maximum absolute atomic E-state index is 2.46. The average Bonchev–Trinajstić information content (AvgIpc) is 2.16. The van der Waals surface area contributed by atoms with Crippen molar-refractivity contribution < 1.29 is 0 Å². The third kappa shape index (κ3) is 2.23. The number of rotatable bonds is 2. The van der Waals surface area contributed by atoms with Crippen LogP contribution in [0.3, 0.4) is 0 Å². The van der Waals surface area contributed by atoms with E-state index in [1.54, 1.807) is 19.3 Å². The normalized spacial score (nSPS) is 41.5. The fourth-order valence-corrected chi connectivity index (χ4v) is 4.43. The first-order chi connectivity index (χ1) is 6.29. The zero-order valence-corrected chi connectivity index (χ0v) is 9.78. The summed E-state index contributed by atoms with van der Waals surface area (Å²) in [6.45, 7) is 4.81. The highest BCUT2D eigenvalue weighted by Gasteiger charge is 2.33. The molecule has 2 aliphatic rings. The minimum absolute atomic E-state index is 0.980. The van der Waals surface area contributed by atoms with Crippen LogP contribution in [0.25, 0.3) is 0 Å². The highest BCUT2D eigenvalue weighted by atomic mass is 32.2. The van der Waals surface area contributed by atoms with Crippen LogP contribution in [0.4, 0.5) is 0 Å². The van der Waals surface area contributed by atoms with Crippen LogP contribution >= 0.6 is 11.8 Å². The summed E-state index contributed by atoms with van der Waals surface area (Å²) in [5.74, 6) is 7.13. The van der Waals surface area contributed by atoms with Gasteiger partial charge < -0.3 is 0 Å². The van der Waals surface area contributed by atoms with E-state index in [4.69, 9.17) is 0 Å². The van der Waals surface area contributed by atoms with Gasteiger partial charge in [-0.15, -0.1) is 0 Å². The number of fused-ring (bicyclic) bond motifs is 2. The Hall–Kier alpha value is 0.350. The Morgan fingerprint density at radius 3 is 2.31 bits per heavy atom. The summed E-state index contributed by atoms with van der Waals surface area (Å²) in [5, 5.41) is 0. The molecule has 13 heavy (non-hydrogen) atoms. The molecular formula is C12H22S. The molecule has 2 rings (SSSR count). The van der Waals surface area contributed by atoms with Crippen molar-refractivity contribution in [3.63, 3.8) is 0 Å². The highest BCUT2D eigenvalue weighted by Crippen LogP contribution is 2.43. The van der Waals surface area contributed by atoms with Gasteiger partial charge in [0.2, 0.25) is 0 Å². The van der Waals surface area contributed by atoms with Gasteiger partial charge >= 0.3 is 0 Å². The van der Waals surface area contributed by atoms with Crippen LogP contribution in [0.15, 0.2) is 0 Å². The Balaban J connectivity index is 1.93. The maximum Gasteiger partial charge on any atom is -0.00388 e. The summed E-state index contributed by atoms with van der Waals surface area (Å²) in [7, 11) is 0. The Labute approximate surface area is 86.9 Å². The van der Waals surface area contributed by atoms with Gasteiger partial charge in [-0.2, -0.15) is 11.8 Å². The van der Waals surface area contributed by atoms with Crippen LogP contribution < -0.4 is 0 Å². The van der Waals surface area contributed by atoms with Crippen molar-refractivity contribution in [2.75, 3.05) is 11.5 Å². The van der Waals surface area contributed by atoms with Crippen molar-refractivity contribution in [2.24, 2.45) is 23.7 Å². The van der Waals surface area contributed by atoms with Gasteiger partial charge in [-0.05, 0) is 54.4 Å². The molecule has 2 bridgehead atoms. The predicted molar refractivity (Wildman–Crippen MR) is 61.1 cm³/mol. The zero-order valence-electron chi connectivity index (χ0n) is 8.96. The van der Waals surface area contributed by atoms with Crippen LogP contribution in [0, 0.1) is 23.7 Å². The molecule has 1 heteroatoms. The van der Waals surface area contributed by atoms with E-state index in [9.17, 15) is 0 Å². The maximum atomic E-state index is 2.46. The lowest BCUT2D eigenvalue weighted by Gasteiger charge is -2.40. The van der Waals surface area contributed by atoms with E-state index < -0.39 is 0 Å². The first-order valence-corrected chi connectivity index (χ1v) is 7.02. The predicted octanol–water partition coefficient (Wildman–Crippen LogP) is 3.81. The second kappa shape index (κ2) is 4.25. The Morgan fingerprint density at radius 2 is 1.77 bits per heavy atom. The third-order valence-corrected chi connectivity index (χ3v) is 5.51. The van der Waals surface area contributed by atoms with E-state index in [1.165, 1.54) is 17.9 Å². The van der Waals surface area contributed by atoms with Gasteiger partial charge in [0, 0.05) is 0 Å². The molecule has 0 nitrogen and oxygen atoms in total. The van der Waals surface area contributed by atoms with Crippen molar-refractivity contribution in [3.8, 4) is 0 Å². The van der Waals surface area contributed by atoms with E-state index in [0.29, 0.717) is 0 Å². The van der Waals surface area contributed by atoms with Crippen LogP contribution in [0.2, 0.25) is 0 Å². The van der Waals surface area contributed by atoms with Crippen molar-refractivity contribution in [1.29, 1.82) is 0 Å². The fraction of sp³-hybridized carbons (Fsp3) is 1.00. The summed E-state index contributed by atoms with van der Waals surface area (Å²) in [6.07, 6.45) is 6.02. The van der Waals surface area contributed by atoms with Crippen LogP contribution in [-0.4, -0.2) is 11.5 Å². The SMILES string of the molecule is CCC(C)C1CC2CSCC(C2)C1. The monoisotopic (exact) mass is 198 g/mol. The van der Waals surface area contributed by atoms with E-state index in [-0.39, 0.29) is 0 Å². The third-order valence-electron chi connectivity index (χ3n) is 4.09. The van der Waals surface area contributed by atoms with Gasteiger partial charge in [-0.25, -0.2) is 0 Å². The van der Waals surface area contributed by atoms with Gasteiger partial charge in [0.15, 0.2) is 0 Å². The number of thioether (sulfide) groups is 1. The van der Waals surface area contributed by atoms with E-state index in [0.717, 1.165) is 23.7 Å². The first kappa shape index (κ1) is 9.89. The topological polar surface area (TPSA) is 0 Å². The standard InChI is InChI=1S/C12H22S/c1-3-9(2)12-5-10-4-11(6-12)8-13-7-10/h9-12H,3-8H2,1-2H3. The zero-order chi connectivity index (χ0) is 9.26. The van der Waals surface area contributed by atoms with Gasteiger partial charge in [0.25, 0.3) is 0 Å². The molecular weight excluding hydrogens is 176 g/mol. The molecule has 1 aliphatic heterocycles. The van der Waals surface area contributed by atoms with Crippen LogP contribution in [-0.2, 0) is 0 Å². The lowest BCUT2D eigenvalue weighted by atomic mass is 9.71. The van der Waals surface area contributed by atoms with Crippen LogP contribution in [0.5, 0.6) is 0 Å². The molecule has 0 N–H and O–H groups in total. The first-order valence-electron chi connectivity index (χ1n) is 5.87. The van der Waals surface area contributed by atoms with E-state index in [1.807, 2.05) is 0 Å². The van der Waals surface area contributed by atoms with Crippen molar-refractivity contribution in [1.82, 2.24) is 0 Å². The Bertz CT molecular complexity index is 155. The molecule has 1 saturated carbocycles. The molecule has 0 radical (unpaired) electrons. The minimum atomic E-state index is 0.980. The van der Waals surface area contributed by atoms with Crippen molar-refractivity contribution in [2.45, 2.75) is 39.5 Å². The highest BCUT2D eigenvalue weighted by molar-refractivity contribution is 7.99. The Morgan fingerprint density at radius 1 is 1.15 bits per heavy atom. The van der Waals surface area contributed by atoms with Gasteiger partial charge in [-0.1, -0.05) is 20.3 Å². The number of hydrogen-bond donors (Lipinski definition) is 0. The summed E-state index contributed by atoms with van der Waals surface area (Å²) in [4.78, 5) is 0. The van der Waals surface area contributed by atoms with Crippen molar-refractivity contribution >= 4 is 11.8 Å². The molecule has 1 aliphatic carbocycles. The molecule has 3 unspecified atom stereocenters. The fourth-order valence-electron chi connectivity index (χ4n) is 3.09. The molecule has 1 heterocycles. The van der Waals surface area contributed by atoms with Gasteiger partial charge in [0.1, 0.15) is 0 Å². The molecule has 0 spiro atoms. The van der Waals surface area contributed by atoms with Crippen molar-refractivity contribution in [3.05, 3.63) is 0 Å². The summed E-state index contributed by atoms with van der Waals surface area (Å²) < 4.78 is 0. The number of hydrogen-bond acceptors (Lipinski definition) is 1. The minimum Gasteiger partial charge on any atom is -0.161 e. The Kier molecular flexibility index (Phi) is 3.23. The molecule has 0 aromatic rings. The molecule has 0 amide bonds. The molecule has 0 aromatic heterocycles. The van der Waals surface area contributed by atoms with E-state index >= 15 is 0 Å². The van der Waals surface area contributed by atoms with Crippen LogP contribution in [0.1, 0.15) is 39.5 Å². The quantitative estimate of drug-likeness (QED) is 0.650. The summed E-state index contributed by atoms with van der Waals surface area (Å²) in [6, 6.07) is 0. The summed E-state index contributed by atoms with van der Waals surface area (Å²) >= 11 is 2.21. The smallest absolute Gasteiger partial charge is 0.00388 e. The lowest BCUT2D eigenvalue weighted by molar-refractivity contribution is 0.165. The largest absolute Gasteiger partial charge is 0.161 e. The molecule has 1 saturated heterocycles. The summed E-state index contributed by atoms with van der Waals surface area (Å²) in [5.41, 5.74) is 0. The second-order valence-corrected chi connectivity index (χ2v) is 6.20. The van der Waals surface area contributed by atoms with Gasteiger partial charge in [-0.3, -0.25) is 0 Å². The molecule has 0 aromatic carbocycles. The van der Waals surface area contributed by atoms with Gasteiger partial charge in [0.05, 0.1) is 0 Å². The average molecular weight is 198 g/mol. The lowest BCUT2D eigenvalue weighted by Crippen LogP contribution is -2.32. The van der Waals surface area contributed by atoms with E-state index in [2.05, 4.69) is 25.6 Å². The molecule has 3 atom stereocenters. The second-order valence-electron chi connectivity index (χ2n) is 5.12. The molecule has 2 fully saturated rings.